The maximum Gasteiger partial charge on any atom is 0.573 e. The van der Waals surface area contributed by atoms with E-state index < -0.39 is 12.1 Å². The summed E-state index contributed by atoms with van der Waals surface area (Å²) in [6.07, 6.45) is -4.86. The number of thiocarbonyl (C=S) groups is 1. The van der Waals surface area contributed by atoms with Crippen LogP contribution in [0.4, 0.5) is 24.5 Å². The van der Waals surface area contributed by atoms with Crippen LogP contribution in [-0.2, 0) is 11.4 Å². The van der Waals surface area contributed by atoms with Crippen molar-refractivity contribution in [3.05, 3.63) is 47.5 Å². The number of alkyl halides is 3. The summed E-state index contributed by atoms with van der Waals surface area (Å²) < 4.78 is 49.2. The van der Waals surface area contributed by atoms with Gasteiger partial charge < -0.3 is 19.9 Å². The second kappa shape index (κ2) is 10.1. The van der Waals surface area contributed by atoms with Crippen LogP contribution in [0.15, 0.2) is 52.7 Å². The van der Waals surface area contributed by atoms with E-state index >= 15 is 0 Å². The Hall–Kier alpha value is -2.93. The first-order valence-electron chi connectivity index (χ1n) is 10.1. The molecule has 0 saturated carbocycles. The Bertz CT molecular complexity index is 1210. The summed E-state index contributed by atoms with van der Waals surface area (Å²) in [7, 11) is 0. The van der Waals surface area contributed by atoms with Gasteiger partial charge in [-0.3, -0.25) is 9.47 Å². The molecule has 0 radical (unpaired) electrons. The molecule has 1 aliphatic heterocycles. The van der Waals surface area contributed by atoms with Crippen LogP contribution in [0.3, 0.4) is 0 Å². The number of ether oxygens (including phenoxy) is 2. The molecule has 3 aromatic rings. The van der Waals surface area contributed by atoms with Gasteiger partial charge in [0.2, 0.25) is 11.0 Å². The Labute approximate surface area is 202 Å². The first-order chi connectivity index (χ1) is 16.2. The fourth-order valence-electron chi connectivity index (χ4n) is 3.46. The lowest BCUT2D eigenvalue weighted by Gasteiger charge is -2.27. The molecule has 1 aliphatic rings. The molecule has 2 N–H and O–H groups in total. The molecule has 2 aromatic carbocycles. The second-order valence-corrected chi connectivity index (χ2v) is 8.16. The molecule has 13 heteroatoms. The summed E-state index contributed by atoms with van der Waals surface area (Å²) in [4.78, 5) is 2.04. The van der Waals surface area contributed by atoms with E-state index in [-0.39, 0.29) is 28.7 Å². The number of azo groups is 1. The fourth-order valence-corrected chi connectivity index (χ4v) is 3.75. The summed E-state index contributed by atoms with van der Waals surface area (Å²) in [6, 6.07) is 10.5. The van der Waals surface area contributed by atoms with E-state index in [1.807, 2.05) is 4.90 Å². The van der Waals surface area contributed by atoms with Crippen molar-refractivity contribution in [1.29, 1.82) is 0 Å². The smallest absolute Gasteiger partial charge is 0.493 e. The number of hydrogen-bond donors (Lipinski definition) is 2. The third-order valence-corrected chi connectivity index (χ3v) is 5.43. The van der Waals surface area contributed by atoms with Crippen LogP contribution in [0.5, 0.6) is 11.6 Å². The molecule has 1 saturated heterocycles. The second-order valence-electron chi connectivity index (χ2n) is 7.34. The Balaban J connectivity index is 1.66. The van der Waals surface area contributed by atoms with Gasteiger partial charge in [-0.1, -0.05) is 11.6 Å². The largest absolute Gasteiger partial charge is 0.573 e. The number of anilines is 1. The van der Waals surface area contributed by atoms with Gasteiger partial charge in [-0.25, -0.2) is 0 Å². The van der Waals surface area contributed by atoms with Gasteiger partial charge in [0.05, 0.1) is 25.4 Å². The van der Waals surface area contributed by atoms with Gasteiger partial charge in [0.1, 0.15) is 5.75 Å². The normalized spacial score (nSPS) is 15.2. The highest BCUT2D eigenvalue weighted by molar-refractivity contribution is 7.80. The van der Waals surface area contributed by atoms with Crippen LogP contribution >= 0.6 is 23.8 Å². The van der Waals surface area contributed by atoms with E-state index in [2.05, 4.69) is 20.3 Å². The molecule has 1 aromatic heterocycles. The van der Waals surface area contributed by atoms with Crippen molar-refractivity contribution >= 4 is 51.2 Å². The zero-order valence-electron chi connectivity index (χ0n) is 17.5. The van der Waals surface area contributed by atoms with Crippen LogP contribution in [0.1, 0.15) is 0 Å². The number of nitrogens with zero attached hydrogens (tertiary/aromatic N) is 4. The molecule has 0 aliphatic carbocycles. The molecule has 180 valence electrons. The van der Waals surface area contributed by atoms with Gasteiger partial charge in [-0.15, -0.1) is 23.4 Å². The van der Waals surface area contributed by atoms with Crippen LogP contribution in [-0.4, -0.2) is 52.4 Å². The van der Waals surface area contributed by atoms with Gasteiger partial charge in [-0.05, 0) is 54.7 Å². The van der Waals surface area contributed by atoms with Crippen LogP contribution in [0, 0.1) is 0 Å². The quantitative estimate of drug-likeness (QED) is 0.338. The predicted molar refractivity (Wildman–Crippen MR) is 125 cm³/mol. The molecule has 0 unspecified atom stereocenters. The van der Waals surface area contributed by atoms with E-state index in [4.69, 9.17) is 28.6 Å². The Morgan fingerprint density at radius 3 is 2.56 bits per heavy atom. The van der Waals surface area contributed by atoms with E-state index in [1.54, 1.807) is 28.8 Å². The molecule has 0 bridgehead atoms. The van der Waals surface area contributed by atoms with Crippen molar-refractivity contribution in [1.82, 2.24) is 9.47 Å². The number of morpholine rings is 1. The van der Waals surface area contributed by atoms with Crippen molar-refractivity contribution in [2.45, 2.75) is 13.0 Å². The molecule has 4 rings (SSSR count). The number of aromatic nitrogens is 1. The molecule has 0 amide bonds. The number of aromatic hydroxyl groups is 1. The van der Waals surface area contributed by atoms with Gasteiger partial charge in [0, 0.05) is 29.2 Å². The van der Waals surface area contributed by atoms with Crippen molar-refractivity contribution in [2.24, 2.45) is 10.2 Å². The number of rotatable bonds is 5. The number of fused-ring (bicyclic) bond motifs is 1. The predicted octanol–water partition coefficient (Wildman–Crippen LogP) is 5.67. The summed E-state index contributed by atoms with van der Waals surface area (Å²) in [5.41, 5.74) is 1.05. The Morgan fingerprint density at radius 1 is 1.18 bits per heavy atom. The minimum Gasteiger partial charge on any atom is -0.493 e. The number of nitrogens with one attached hydrogen (secondary N) is 1. The molecule has 0 spiro atoms. The Kier molecular flexibility index (Phi) is 7.22. The van der Waals surface area contributed by atoms with Gasteiger partial charge >= 0.3 is 6.36 Å². The van der Waals surface area contributed by atoms with Crippen LogP contribution in [0.2, 0.25) is 5.02 Å². The van der Waals surface area contributed by atoms with Crippen molar-refractivity contribution in [3.63, 3.8) is 0 Å². The summed E-state index contributed by atoms with van der Waals surface area (Å²) >= 11 is 11.0. The average molecular weight is 514 g/mol. The molecule has 2 heterocycles. The standard InChI is InChI=1S/C21H19ClF3N5O3S/c22-13-1-3-14(4-2-13)26-20(34)28-27-18-16-11-15(33-21(23,24)25)5-6-17(16)30(19(18)31)12-29-7-9-32-10-8-29/h1-6,11,31H,7-10,12H2,(H,26,34). The number of hydrogen-bond acceptors (Lipinski definition) is 6. The van der Waals surface area contributed by atoms with E-state index in [0.717, 1.165) is 6.07 Å². The fraction of sp³-hybridized carbons (Fsp3) is 0.286. The van der Waals surface area contributed by atoms with Crippen LogP contribution in [0.25, 0.3) is 10.9 Å². The molecular formula is C21H19ClF3N5O3S. The number of halogens is 4. The highest BCUT2D eigenvalue weighted by Crippen LogP contribution is 2.41. The topological polar surface area (TPSA) is 83.6 Å². The maximum atomic E-state index is 12.8. The monoisotopic (exact) mass is 513 g/mol. The zero-order valence-corrected chi connectivity index (χ0v) is 19.1. The lowest BCUT2D eigenvalue weighted by Crippen LogP contribution is -2.37. The maximum absolute atomic E-state index is 12.8. The summed E-state index contributed by atoms with van der Waals surface area (Å²) in [6.45, 7) is 2.65. The number of benzene rings is 2. The lowest BCUT2D eigenvalue weighted by atomic mass is 10.2. The highest BCUT2D eigenvalue weighted by atomic mass is 35.5. The van der Waals surface area contributed by atoms with Crippen molar-refractivity contribution in [2.75, 3.05) is 31.6 Å². The first kappa shape index (κ1) is 24.2. The molecular weight excluding hydrogens is 495 g/mol. The van der Waals surface area contributed by atoms with Gasteiger partial charge in [-0.2, -0.15) is 0 Å². The minimum atomic E-state index is -4.86. The zero-order chi connectivity index (χ0) is 24.3. The summed E-state index contributed by atoms with van der Waals surface area (Å²) in [5.74, 6) is -0.703. The van der Waals surface area contributed by atoms with Crippen molar-refractivity contribution in [3.8, 4) is 11.6 Å². The first-order valence-corrected chi connectivity index (χ1v) is 10.9. The van der Waals surface area contributed by atoms with E-state index in [1.165, 1.54) is 12.1 Å². The Morgan fingerprint density at radius 2 is 1.88 bits per heavy atom. The van der Waals surface area contributed by atoms with Gasteiger partial charge in [0.25, 0.3) is 0 Å². The molecule has 34 heavy (non-hydrogen) atoms. The third kappa shape index (κ3) is 5.95. The highest BCUT2D eigenvalue weighted by Gasteiger charge is 2.31. The van der Waals surface area contributed by atoms with E-state index in [9.17, 15) is 18.3 Å². The third-order valence-electron chi connectivity index (χ3n) is 5.00. The van der Waals surface area contributed by atoms with Gasteiger partial charge in [0.15, 0.2) is 5.69 Å². The molecule has 1 fully saturated rings. The summed E-state index contributed by atoms with van der Waals surface area (Å²) in [5, 5.41) is 22.5. The van der Waals surface area contributed by atoms with Crippen LogP contribution < -0.4 is 10.1 Å². The lowest BCUT2D eigenvalue weighted by molar-refractivity contribution is -0.274. The van der Waals surface area contributed by atoms with Crippen molar-refractivity contribution < 1.29 is 27.8 Å². The molecule has 8 nitrogen and oxygen atoms in total. The molecule has 0 atom stereocenters. The van der Waals surface area contributed by atoms with E-state index in [0.29, 0.717) is 42.5 Å². The SMILES string of the molecule is Oc1c(N=NC(=S)Nc2ccc(Cl)cc2)c2cc(OC(F)(F)F)ccc2n1CN1CCOCC1. The average Bonchev–Trinajstić information content (AvgIpc) is 3.04. The minimum absolute atomic E-state index is 0.0153.